The molecule has 0 atom stereocenters. The van der Waals surface area contributed by atoms with Crippen LogP contribution in [0.25, 0.3) is 0 Å². The predicted molar refractivity (Wildman–Crippen MR) is 67.2 cm³/mol. The highest BCUT2D eigenvalue weighted by molar-refractivity contribution is 5.73. The number of nitrogens with two attached hydrogens (primary N) is 1. The summed E-state index contributed by atoms with van der Waals surface area (Å²) in [5, 5.41) is 0. The Morgan fingerprint density at radius 3 is 2.12 bits per heavy atom. The maximum atomic E-state index is 10.6. The second-order valence-electron chi connectivity index (χ2n) is 4.24. The first-order chi connectivity index (χ1) is 7.72. The minimum Gasteiger partial charge on any atom is -0.370 e. The molecule has 1 rings (SSSR count). The first-order valence-electron chi connectivity index (χ1n) is 6.08. The summed E-state index contributed by atoms with van der Waals surface area (Å²) >= 11 is 0. The molecule has 1 aromatic rings. The Morgan fingerprint density at radius 1 is 1.06 bits per heavy atom. The fraction of sp³-hybridized carbons (Fsp3) is 0.500. The monoisotopic (exact) mass is 219 g/mol. The number of benzene rings is 1. The van der Waals surface area contributed by atoms with Gasteiger partial charge < -0.3 is 5.73 Å². The highest BCUT2D eigenvalue weighted by Gasteiger charge is 1.98. The molecule has 0 unspecified atom stereocenters. The van der Waals surface area contributed by atoms with Gasteiger partial charge in [0.2, 0.25) is 5.91 Å². The third-order valence-electron chi connectivity index (χ3n) is 2.75. The Bertz CT molecular complexity index is 316. The normalized spacial score (nSPS) is 10.3. The summed E-state index contributed by atoms with van der Waals surface area (Å²) in [6.07, 6.45) is 6.17. The maximum absolute atomic E-state index is 10.6. The standard InChI is InChI=1S/C14H21NO/c1-2-3-4-5-12-6-8-13(9-7-12)10-11-14(15)16/h6-9H,2-5,10-11H2,1H3,(H2,15,16). The van der Waals surface area contributed by atoms with Gasteiger partial charge in [0.15, 0.2) is 0 Å². The molecule has 0 aliphatic carbocycles. The largest absolute Gasteiger partial charge is 0.370 e. The molecule has 1 aromatic carbocycles. The second kappa shape index (κ2) is 7.04. The van der Waals surface area contributed by atoms with Gasteiger partial charge in [-0.3, -0.25) is 4.79 Å². The van der Waals surface area contributed by atoms with Crippen molar-refractivity contribution in [1.29, 1.82) is 0 Å². The van der Waals surface area contributed by atoms with Gasteiger partial charge in [0.1, 0.15) is 0 Å². The number of carbonyl (C=O) groups excluding carboxylic acids is 1. The highest BCUT2D eigenvalue weighted by atomic mass is 16.1. The van der Waals surface area contributed by atoms with Crippen molar-refractivity contribution in [2.24, 2.45) is 5.73 Å². The number of hydrogen-bond acceptors (Lipinski definition) is 1. The molecule has 0 bridgehead atoms. The smallest absolute Gasteiger partial charge is 0.217 e. The third kappa shape index (κ3) is 4.96. The molecule has 0 saturated carbocycles. The van der Waals surface area contributed by atoms with E-state index in [0.717, 1.165) is 12.8 Å². The van der Waals surface area contributed by atoms with Gasteiger partial charge in [0.05, 0.1) is 0 Å². The average Bonchev–Trinajstić information content (AvgIpc) is 2.28. The number of carbonyl (C=O) groups is 1. The van der Waals surface area contributed by atoms with E-state index in [9.17, 15) is 4.79 Å². The lowest BCUT2D eigenvalue weighted by atomic mass is 10.0. The highest BCUT2D eigenvalue weighted by Crippen LogP contribution is 2.10. The van der Waals surface area contributed by atoms with E-state index in [4.69, 9.17) is 5.73 Å². The number of primary amides is 1. The van der Waals surface area contributed by atoms with Gasteiger partial charge in [0.25, 0.3) is 0 Å². The molecule has 2 N–H and O–H groups in total. The van der Waals surface area contributed by atoms with Crippen molar-refractivity contribution < 1.29 is 4.79 Å². The van der Waals surface area contributed by atoms with E-state index >= 15 is 0 Å². The molecule has 2 heteroatoms. The molecule has 0 fully saturated rings. The van der Waals surface area contributed by atoms with Crippen molar-refractivity contribution in [1.82, 2.24) is 0 Å². The van der Waals surface area contributed by atoms with E-state index in [1.54, 1.807) is 0 Å². The Morgan fingerprint density at radius 2 is 1.62 bits per heavy atom. The van der Waals surface area contributed by atoms with Crippen LogP contribution in [0.2, 0.25) is 0 Å². The van der Waals surface area contributed by atoms with Crippen LogP contribution in [-0.2, 0) is 17.6 Å². The van der Waals surface area contributed by atoms with Gasteiger partial charge in [-0.1, -0.05) is 44.0 Å². The molecule has 0 heterocycles. The van der Waals surface area contributed by atoms with Crippen LogP contribution in [0.5, 0.6) is 0 Å². The maximum Gasteiger partial charge on any atom is 0.217 e. The van der Waals surface area contributed by atoms with E-state index in [1.165, 1.54) is 30.4 Å². The van der Waals surface area contributed by atoms with Crippen molar-refractivity contribution in [2.75, 3.05) is 0 Å². The van der Waals surface area contributed by atoms with Crippen molar-refractivity contribution in [3.63, 3.8) is 0 Å². The van der Waals surface area contributed by atoms with Crippen molar-refractivity contribution in [3.8, 4) is 0 Å². The first kappa shape index (κ1) is 12.8. The lowest BCUT2D eigenvalue weighted by Crippen LogP contribution is -2.11. The number of hydrogen-bond donors (Lipinski definition) is 1. The molecule has 0 aliphatic rings. The lowest BCUT2D eigenvalue weighted by Gasteiger charge is -2.03. The van der Waals surface area contributed by atoms with Crippen LogP contribution in [0.3, 0.4) is 0 Å². The van der Waals surface area contributed by atoms with Crippen LogP contribution in [0.1, 0.15) is 43.7 Å². The number of aryl methyl sites for hydroxylation is 2. The Balaban J connectivity index is 2.38. The van der Waals surface area contributed by atoms with Gasteiger partial charge in [-0.15, -0.1) is 0 Å². The zero-order valence-electron chi connectivity index (χ0n) is 10.0. The van der Waals surface area contributed by atoms with E-state index < -0.39 is 0 Å². The van der Waals surface area contributed by atoms with Crippen LogP contribution < -0.4 is 5.73 Å². The van der Waals surface area contributed by atoms with Crippen LogP contribution >= 0.6 is 0 Å². The first-order valence-corrected chi connectivity index (χ1v) is 6.08. The van der Waals surface area contributed by atoms with Crippen LogP contribution in [0, 0.1) is 0 Å². The molecule has 0 saturated heterocycles. The summed E-state index contributed by atoms with van der Waals surface area (Å²) in [4.78, 5) is 10.6. The van der Waals surface area contributed by atoms with Crippen molar-refractivity contribution in [3.05, 3.63) is 35.4 Å². The predicted octanol–water partition coefficient (Wildman–Crippen LogP) is 2.84. The van der Waals surface area contributed by atoms with E-state index in [2.05, 4.69) is 31.2 Å². The topological polar surface area (TPSA) is 43.1 Å². The summed E-state index contributed by atoms with van der Waals surface area (Å²) in [6, 6.07) is 8.52. The molecule has 88 valence electrons. The summed E-state index contributed by atoms with van der Waals surface area (Å²) in [5.74, 6) is -0.230. The van der Waals surface area contributed by atoms with Gasteiger partial charge in [-0.05, 0) is 30.4 Å². The van der Waals surface area contributed by atoms with Crippen molar-refractivity contribution >= 4 is 5.91 Å². The zero-order chi connectivity index (χ0) is 11.8. The van der Waals surface area contributed by atoms with Gasteiger partial charge >= 0.3 is 0 Å². The molecular weight excluding hydrogens is 198 g/mol. The SMILES string of the molecule is CCCCCc1ccc(CCC(N)=O)cc1. The molecule has 16 heavy (non-hydrogen) atoms. The fourth-order valence-corrected chi connectivity index (χ4v) is 1.72. The van der Waals surface area contributed by atoms with Crippen molar-refractivity contribution in [2.45, 2.75) is 45.4 Å². The molecular formula is C14H21NO. The van der Waals surface area contributed by atoms with Crippen LogP contribution in [0.4, 0.5) is 0 Å². The molecule has 1 amide bonds. The molecule has 0 spiro atoms. The van der Waals surface area contributed by atoms with Gasteiger partial charge in [-0.2, -0.15) is 0 Å². The number of unbranched alkanes of at least 4 members (excludes halogenated alkanes) is 2. The number of amides is 1. The number of rotatable bonds is 7. The average molecular weight is 219 g/mol. The molecule has 0 aliphatic heterocycles. The minimum absolute atomic E-state index is 0.230. The van der Waals surface area contributed by atoms with Gasteiger partial charge in [-0.25, -0.2) is 0 Å². The van der Waals surface area contributed by atoms with E-state index in [1.807, 2.05) is 0 Å². The van der Waals surface area contributed by atoms with Crippen LogP contribution in [-0.4, -0.2) is 5.91 Å². The summed E-state index contributed by atoms with van der Waals surface area (Å²) in [5.41, 5.74) is 7.69. The zero-order valence-corrected chi connectivity index (χ0v) is 10.0. The Hall–Kier alpha value is -1.31. The van der Waals surface area contributed by atoms with E-state index in [0.29, 0.717) is 6.42 Å². The van der Waals surface area contributed by atoms with Crippen LogP contribution in [0.15, 0.2) is 24.3 Å². The quantitative estimate of drug-likeness (QED) is 0.704. The molecule has 0 aromatic heterocycles. The van der Waals surface area contributed by atoms with E-state index in [-0.39, 0.29) is 5.91 Å². The second-order valence-corrected chi connectivity index (χ2v) is 4.24. The van der Waals surface area contributed by atoms with Gasteiger partial charge in [0, 0.05) is 6.42 Å². The molecule has 2 nitrogen and oxygen atoms in total. The molecule has 0 radical (unpaired) electrons. The minimum atomic E-state index is -0.230. The Labute approximate surface area is 97.9 Å². The Kier molecular flexibility index (Phi) is 5.62. The third-order valence-corrected chi connectivity index (χ3v) is 2.75. The fourth-order valence-electron chi connectivity index (χ4n) is 1.72. The summed E-state index contributed by atoms with van der Waals surface area (Å²) < 4.78 is 0. The summed E-state index contributed by atoms with van der Waals surface area (Å²) in [7, 11) is 0. The summed E-state index contributed by atoms with van der Waals surface area (Å²) in [6.45, 7) is 2.22. The lowest BCUT2D eigenvalue weighted by molar-refractivity contribution is -0.117.